The molecular weight excluding hydrogens is 831 g/mol. The second kappa shape index (κ2) is 16.2. The second-order valence-corrected chi connectivity index (χ2v) is 15.7. The number of anilines is 2. The van der Waals surface area contributed by atoms with Crippen LogP contribution in [0, 0.1) is 6.92 Å². The Kier molecular flexibility index (Phi) is 10.7. The fraction of sp³-hybridized carbons (Fsp3) is 0.326. The molecule has 2 saturated heterocycles. The first-order valence-corrected chi connectivity index (χ1v) is 20.3. The predicted octanol–water partition coefficient (Wildman–Crippen LogP) is 5.83. The number of alkyl halides is 3. The summed E-state index contributed by atoms with van der Waals surface area (Å²) >= 11 is 6.20. The lowest BCUT2D eigenvalue weighted by Gasteiger charge is -2.37. The van der Waals surface area contributed by atoms with Gasteiger partial charge in [-0.25, -0.2) is 9.97 Å². The van der Waals surface area contributed by atoms with Crippen molar-refractivity contribution in [3.8, 4) is 17.1 Å². The predicted molar refractivity (Wildman–Crippen MR) is 220 cm³/mol. The molecule has 320 valence electrons. The van der Waals surface area contributed by atoms with E-state index in [0.717, 1.165) is 39.4 Å². The van der Waals surface area contributed by atoms with Crippen LogP contribution in [0.3, 0.4) is 0 Å². The molecule has 6 heterocycles. The highest BCUT2D eigenvalue weighted by Gasteiger charge is 2.47. The van der Waals surface area contributed by atoms with Crippen molar-refractivity contribution in [3.63, 3.8) is 0 Å². The van der Waals surface area contributed by atoms with E-state index in [9.17, 15) is 27.6 Å². The van der Waals surface area contributed by atoms with E-state index in [1.165, 1.54) is 6.33 Å². The van der Waals surface area contributed by atoms with Gasteiger partial charge in [-0.05, 0) is 54.3 Å². The molecule has 6 aromatic rings. The Morgan fingerprint density at radius 1 is 1.00 bits per heavy atom. The molecule has 62 heavy (non-hydrogen) atoms. The molecule has 0 radical (unpaired) electrons. The van der Waals surface area contributed by atoms with E-state index >= 15 is 0 Å². The van der Waals surface area contributed by atoms with Crippen LogP contribution in [0.1, 0.15) is 51.1 Å². The lowest BCUT2D eigenvalue weighted by Crippen LogP contribution is -2.51. The fourth-order valence-corrected chi connectivity index (χ4v) is 8.32. The Hall–Kier alpha value is -6.37. The molecule has 1 N–H and O–H groups in total. The maximum Gasteiger partial charge on any atom is 0.416 e. The van der Waals surface area contributed by atoms with Crippen molar-refractivity contribution in [1.29, 1.82) is 0 Å². The highest BCUT2D eigenvalue weighted by Crippen LogP contribution is 2.43. The molecule has 2 fully saturated rings. The van der Waals surface area contributed by atoms with Crippen LogP contribution in [0.25, 0.3) is 17.2 Å². The summed E-state index contributed by atoms with van der Waals surface area (Å²) in [6.45, 7) is 5.63. The van der Waals surface area contributed by atoms with Gasteiger partial charge in [0.1, 0.15) is 30.8 Å². The van der Waals surface area contributed by atoms with Crippen LogP contribution >= 0.6 is 11.6 Å². The molecule has 19 heteroatoms. The van der Waals surface area contributed by atoms with E-state index in [1.807, 2.05) is 60.4 Å². The van der Waals surface area contributed by atoms with Crippen LogP contribution in [0.5, 0.6) is 5.75 Å². The SMILES string of the molecule is CCc1c(N2CCN(C(=O)c3ncnc(C)c3OCc3ccccc3)CC2)c(=O)n2nc(-c3ccc4c(c3)COC43COC3)nc2n1CC(=O)Nc1ccc(C(F)(F)F)cc1Cl. The van der Waals surface area contributed by atoms with Gasteiger partial charge in [-0.15, -0.1) is 5.10 Å². The van der Waals surface area contributed by atoms with Gasteiger partial charge in [0.15, 0.2) is 17.3 Å². The lowest BCUT2D eigenvalue weighted by atomic mass is 9.90. The van der Waals surface area contributed by atoms with E-state index in [2.05, 4.69) is 20.4 Å². The molecule has 3 aliphatic rings. The zero-order valence-corrected chi connectivity index (χ0v) is 34.3. The lowest BCUT2D eigenvalue weighted by molar-refractivity contribution is -0.209. The fourth-order valence-electron chi connectivity index (χ4n) is 8.09. The minimum atomic E-state index is -4.63. The number of hydrogen-bond donors (Lipinski definition) is 1. The number of carbonyl (C=O) groups is 2. The van der Waals surface area contributed by atoms with E-state index in [1.54, 1.807) is 16.4 Å². The first-order chi connectivity index (χ1) is 29.8. The van der Waals surface area contributed by atoms with Crippen molar-refractivity contribution < 1.29 is 37.0 Å². The zero-order valence-electron chi connectivity index (χ0n) is 33.5. The monoisotopic (exact) mass is 869 g/mol. The molecule has 0 bridgehead atoms. The summed E-state index contributed by atoms with van der Waals surface area (Å²) in [5, 5.41) is 7.00. The number of halogens is 4. The van der Waals surface area contributed by atoms with E-state index in [0.29, 0.717) is 36.8 Å². The summed E-state index contributed by atoms with van der Waals surface area (Å²) in [4.78, 5) is 59.2. The van der Waals surface area contributed by atoms with Gasteiger partial charge in [-0.1, -0.05) is 61.0 Å². The quantitative estimate of drug-likeness (QED) is 0.177. The summed E-state index contributed by atoms with van der Waals surface area (Å²) in [6, 6.07) is 17.9. The summed E-state index contributed by atoms with van der Waals surface area (Å²) < 4.78 is 60.4. The third-order valence-corrected chi connectivity index (χ3v) is 11.7. The van der Waals surface area contributed by atoms with E-state index in [-0.39, 0.29) is 84.6 Å². The van der Waals surface area contributed by atoms with E-state index < -0.39 is 35.4 Å². The number of fused-ring (bicyclic) bond motifs is 3. The third kappa shape index (κ3) is 7.51. The summed E-state index contributed by atoms with van der Waals surface area (Å²) in [7, 11) is 0. The average molecular weight is 870 g/mol. The van der Waals surface area contributed by atoms with Crippen LogP contribution in [-0.2, 0) is 52.2 Å². The van der Waals surface area contributed by atoms with Gasteiger partial charge < -0.3 is 33.9 Å². The summed E-state index contributed by atoms with van der Waals surface area (Å²) in [5.74, 6) is -0.384. The first kappa shape index (κ1) is 41.0. The molecule has 1 spiro atoms. The minimum Gasteiger partial charge on any atom is -0.485 e. The zero-order chi connectivity index (χ0) is 43.3. The maximum atomic E-state index is 14.6. The number of piperazine rings is 1. The van der Waals surface area contributed by atoms with Gasteiger partial charge >= 0.3 is 6.18 Å². The van der Waals surface area contributed by atoms with Crippen molar-refractivity contribution in [2.45, 2.75) is 51.8 Å². The van der Waals surface area contributed by atoms with Crippen LogP contribution in [-0.4, -0.2) is 85.2 Å². The van der Waals surface area contributed by atoms with Crippen LogP contribution < -0.4 is 20.5 Å². The number of aromatic nitrogens is 6. The largest absolute Gasteiger partial charge is 0.485 e. The number of nitrogens with zero attached hydrogens (tertiary/aromatic N) is 8. The number of ether oxygens (including phenoxy) is 3. The number of hydrogen-bond acceptors (Lipinski definition) is 11. The van der Waals surface area contributed by atoms with Crippen LogP contribution in [0.15, 0.2) is 77.9 Å². The normalized spacial score (nSPS) is 15.8. The molecule has 0 atom stereocenters. The number of aryl methyl sites for hydroxylation is 1. The Morgan fingerprint density at radius 2 is 1.77 bits per heavy atom. The Balaban J connectivity index is 1.03. The molecule has 0 unspecified atom stereocenters. The minimum absolute atomic E-state index is 0.0227. The van der Waals surface area contributed by atoms with E-state index in [4.69, 9.17) is 30.8 Å². The Labute approximate surface area is 357 Å². The third-order valence-electron chi connectivity index (χ3n) is 11.4. The number of rotatable bonds is 10. The summed E-state index contributed by atoms with van der Waals surface area (Å²) in [5.41, 5.74) is 2.95. The highest BCUT2D eigenvalue weighted by molar-refractivity contribution is 6.33. The van der Waals surface area contributed by atoms with Crippen molar-refractivity contribution >= 4 is 40.6 Å². The van der Waals surface area contributed by atoms with Gasteiger partial charge in [-0.3, -0.25) is 14.4 Å². The highest BCUT2D eigenvalue weighted by atomic mass is 35.5. The van der Waals surface area contributed by atoms with Gasteiger partial charge in [0.2, 0.25) is 11.7 Å². The average Bonchev–Trinajstić information content (AvgIpc) is 3.88. The number of benzene rings is 3. The van der Waals surface area contributed by atoms with Crippen molar-refractivity contribution in [2.24, 2.45) is 0 Å². The molecule has 0 saturated carbocycles. The van der Waals surface area contributed by atoms with Crippen molar-refractivity contribution in [1.82, 2.24) is 34.0 Å². The number of carbonyl (C=O) groups excluding carboxylic acids is 2. The molecule has 15 nitrogen and oxygen atoms in total. The van der Waals surface area contributed by atoms with Crippen molar-refractivity contribution in [3.05, 3.63) is 128 Å². The standard InChI is InChI=1S/C43H39ClF3N9O6/c1-3-33-36(53-13-15-54(16-14-53)39(58)35-37(25(2)48-24-49-35)61-20-26-7-5-4-6-8-26)40(59)56-41(55(33)19-34(57)50-32-12-10-29(18-31(32)44)43(45,46)47)51-38(52-56)27-9-11-30-28(17-27)21-62-42(30)22-60-23-42/h4-12,17-18,24H,3,13-16,19-23H2,1-2H3,(H,50,57). The summed E-state index contributed by atoms with van der Waals surface area (Å²) in [6.07, 6.45) is -3.03. The second-order valence-electron chi connectivity index (χ2n) is 15.3. The topological polar surface area (TPSA) is 158 Å². The van der Waals surface area contributed by atoms with Gasteiger partial charge in [0.25, 0.3) is 11.5 Å². The molecule has 2 amide bonds. The maximum absolute atomic E-state index is 14.6. The molecule has 3 aliphatic heterocycles. The molecular formula is C43H39ClF3N9O6. The van der Waals surface area contributed by atoms with Gasteiger partial charge in [0.05, 0.1) is 47.5 Å². The first-order valence-electron chi connectivity index (χ1n) is 19.9. The number of nitrogens with one attached hydrogen (secondary N) is 1. The molecule has 3 aromatic heterocycles. The molecule has 9 rings (SSSR count). The Morgan fingerprint density at radius 3 is 2.47 bits per heavy atom. The molecule has 0 aliphatic carbocycles. The number of amides is 2. The smallest absolute Gasteiger partial charge is 0.416 e. The van der Waals surface area contributed by atoms with Crippen LogP contribution in [0.2, 0.25) is 5.02 Å². The molecule has 3 aromatic carbocycles. The van der Waals surface area contributed by atoms with Gasteiger partial charge in [-0.2, -0.15) is 22.7 Å². The van der Waals surface area contributed by atoms with Gasteiger partial charge in [0, 0.05) is 31.7 Å². The van der Waals surface area contributed by atoms with Crippen LogP contribution in [0.4, 0.5) is 24.5 Å². The van der Waals surface area contributed by atoms with Crippen molar-refractivity contribution in [2.75, 3.05) is 49.6 Å². The Bertz CT molecular complexity index is 2790.